The molecular weight excluding hydrogens is 212 g/mol. The van der Waals surface area contributed by atoms with Gasteiger partial charge in [-0.15, -0.1) is 0 Å². The van der Waals surface area contributed by atoms with Crippen LogP contribution in [-0.2, 0) is 0 Å². The van der Waals surface area contributed by atoms with Gasteiger partial charge >= 0.3 is 0 Å². The minimum Gasteiger partial charge on any atom is -0.395 e. The van der Waals surface area contributed by atoms with Crippen molar-refractivity contribution in [3.63, 3.8) is 0 Å². The van der Waals surface area contributed by atoms with Gasteiger partial charge in [0.05, 0.1) is 6.61 Å². The molecule has 0 saturated carbocycles. The Bertz CT molecular complexity index is 197. The van der Waals surface area contributed by atoms with Gasteiger partial charge in [-0.25, -0.2) is 0 Å². The first-order valence-electron chi connectivity index (χ1n) is 7.25. The Morgan fingerprint density at radius 1 is 1.41 bits per heavy atom. The largest absolute Gasteiger partial charge is 0.395 e. The Labute approximate surface area is 107 Å². The van der Waals surface area contributed by atoms with Crippen LogP contribution < -0.4 is 5.32 Å². The molecule has 102 valence electrons. The highest BCUT2D eigenvalue weighted by Gasteiger charge is 2.19. The molecule has 1 saturated heterocycles. The summed E-state index contributed by atoms with van der Waals surface area (Å²) in [5, 5.41) is 12.7. The maximum atomic E-state index is 9.32. The summed E-state index contributed by atoms with van der Waals surface area (Å²) >= 11 is 0. The van der Waals surface area contributed by atoms with Gasteiger partial charge in [-0.3, -0.25) is 0 Å². The summed E-state index contributed by atoms with van der Waals surface area (Å²) in [6.07, 6.45) is 5.12. The lowest BCUT2D eigenvalue weighted by Gasteiger charge is -2.33. The zero-order valence-electron chi connectivity index (χ0n) is 11.8. The second kappa shape index (κ2) is 8.06. The van der Waals surface area contributed by atoms with Crippen LogP contribution >= 0.6 is 0 Å². The maximum Gasteiger partial charge on any atom is 0.0585 e. The van der Waals surface area contributed by atoms with Crippen molar-refractivity contribution in [2.24, 2.45) is 5.92 Å². The molecule has 2 unspecified atom stereocenters. The number of nitrogens with one attached hydrogen (secondary N) is 1. The molecule has 1 rings (SSSR count). The van der Waals surface area contributed by atoms with E-state index in [0.29, 0.717) is 6.04 Å². The molecule has 0 aliphatic carbocycles. The molecule has 1 fully saturated rings. The van der Waals surface area contributed by atoms with Crippen LogP contribution in [0.15, 0.2) is 0 Å². The Kier molecular flexibility index (Phi) is 7.09. The zero-order valence-corrected chi connectivity index (χ0v) is 11.8. The summed E-state index contributed by atoms with van der Waals surface area (Å²) in [6, 6.07) is 0.717. The van der Waals surface area contributed by atoms with Crippen molar-refractivity contribution in [1.82, 2.24) is 10.2 Å². The summed E-state index contributed by atoms with van der Waals surface area (Å²) in [6.45, 7) is 10.5. The Balaban J connectivity index is 2.23. The number of rotatable bonds is 7. The molecule has 0 aromatic rings. The molecule has 0 amide bonds. The molecule has 3 heteroatoms. The highest BCUT2D eigenvalue weighted by molar-refractivity contribution is 4.75. The minimum absolute atomic E-state index is 0.253. The number of aliphatic hydroxyl groups is 1. The zero-order chi connectivity index (χ0) is 12.7. The van der Waals surface area contributed by atoms with Crippen LogP contribution in [0.3, 0.4) is 0 Å². The predicted molar refractivity (Wildman–Crippen MR) is 73.2 cm³/mol. The van der Waals surface area contributed by atoms with E-state index in [9.17, 15) is 5.11 Å². The monoisotopic (exact) mass is 242 g/mol. The fourth-order valence-electron chi connectivity index (χ4n) is 2.72. The maximum absolute atomic E-state index is 9.32. The van der Waals surface area contributed by atoms with Crippen LogP contribution in [0.1, 0.15) is 46.5 Å². The van der Waals surface area contributed by atoms with E-state index < -0.39 is 0 Å². The average Bonchev–Trinajstić information content (AvgIpc) is 2.34. The first kappa shape index (κ1) is 14.9. The summed E-state index contributed by atoms with van der Waals surface area (Å²) < 4.78 is 0. The number of hydrogen-bond acceptors (Lipinski definition) is 3. The fourth-order valence-corrected chi connectivity index (χ4v) is 2.72. The summed E-state index contributed by atoms with van der Waals surface area (Å²) in [5.41, 5.74) is 0. The van der Waals surface area contributed by atoms with Crippen molar-refractivity contribution in [2.75, 3.05) is 26.2 Å². The van der Waals surface area contributed by atoms with Crippen molar-refractivity contribution in [3.8, 4) is 0 Å². The molecule has 3 nitrogen and oxygen atoms in total. The van der Waals surface area contributed by atoms with Gasteiger partial charge in [0.2, 0.25) is 0 Å². The van der Waals surface area contributed by atoms with Gasteiger partial charge in [0, 0.05) is 18.6 Å². The number of aliphatic hydroxyl groups excluding tert-OH is 1. The van der Waals surface area contributed by atoms with Crippen LogP contribution in [0.4, 0.5) is 0 Å². The molecule has 0 radical (unpaired) electrons. The van der Waals surface area contributed by atoms with E-state index in [1.54, 1.807) is 0 Å². The van der Waals surface area contributed by atoms with E-state index in [1.807, 2.05) is 0 Å². The van der Waals surface area contributed by atoms with Crippen LogP contribution in [0.2, 0.25) is 0 Å². The van der Waals surface area contributed by atoms with Crippen LogP contribution in [-0.4, -0.2) is 48.3 Å². The van der Waals surface area contributed by atoms with Crippen LogP contribution in [0.5, 0.6) is 0 Å². The molecular formula is C14H30N2O. The van der Waals surface area contributed by atoms with Gasteiger partial charge in [0.15, 0.2) is 0 Å². The standard InChI is InChI=1S/C14H30N2O/c1-4-13-6-5-8-16(10-13)9-7-14(11-17)15-12(2)3/h12-15,17H,4-11H2,1-3H3. The number of nitrogens with zero attached hydrogens (tertiary/aromatic N) is 1. The first-order chi connectivity index (χ1) is 8.15. The van der Waals surface area contributed by atoms with E-state index in [1.165, 1.54) is 32.4 Å². The van der Waals surface area contributed by atoms with Crippen molar-refractivity contribution in [3.05, 3.63) is 0 Å². The SMILES string of the molecule is CCC1CCCN(CCC(CO)NC(C)C)C1. The highest BCUT2D eigenvalue weighted by atomic mass is 16.3. The summed E-state index contributed by atoms with van der Waals surface area (Å²) in [5.74, 6) is 0.898. The van der Waals surface area contributed by atoms with Crippen LogP contribution in [0, 0.1) is 5.92 Å². The second-order valence-corrected chi connectivity index (χ2v) is 5.71. The van der Waals surface area contributed by atoms with E-state index >= 15 is 0 Å². The molecule has 2 N–H and O–H groups in total. The lowest BCUT2D eigenvalue weighted by Crippen LogP contribution is -2.42. The Morgan fingerprint density at radius 3 is 2.76 bits per heavy atom. The molecule has 0 bridgehead atoms. The quantitative estimate of drug-likeness (QED) is 0.715. The molecule has 2 atom stereocenters. The van der Waals surface area contributed by atoms with E-state index in [-0.39, 0.29) is 12.6 Å². The molecule has 0 aromatic heterocycles. The van der Waals surface area contributed by atoms with Gasteiger partial charge in [0.1, 0.15) is 0 Å². The normalized spacial score (nSPS) is 24.2. The molecule has 17 heavy (non-hydrogen) atoms. The number of likely N-dealkylation sites (tertiary alicyclic amines) is 1. The lowest BCUT2D eigenvalue weighted by atomic mass is 9.95. The third kappa shape index (κ3) is 5.84. The van der Waals surface area contributed by atoms with E-state index in [4.69, 9.17) is 0 Å². The smallest absolute Gasteiger partial charge is 0.0585 e. The van der Waals surface area contributed by atoms with Gasteiger partial charge in [-0.1, -0.05) is 27.2 Å². The number of hydrogen-bond donors (Lipinski definition) is 2. The molecule has 0 spiro atoms. The van der Waals surface area contributed by atoms with E-state index in [2.05, 4.69) is 31.0 Å². The highest BCUT2D eigenvalue weighted by Crippen LogP contribution is 2.19. The molecule has 1 aliphatic rings. The average molecular weight is 242 g/mol. The molecule has 1 aliphatic heterocycles. The topological polar surface area (TPSA) is 35.5 Å². The number of piperidine rings is 1. The predicted octanol–water partition coefficient (Wildman–Crippen LogP) is 1.86. The van der Waals surface area contributed by atoms with Gasteiger partial charge in [0.25, 0.3) is 0 Å². The van der Waals surface area contributed by atoms with Crippen molar-refractivity contribution in [1.29, 1.82) is 0 Å². The van der Waals surface area contributed by atoms with Crippen LogP contribution in [0.25, 0.3) is 0 Å². The summed E-state index contributed by atoms with van der Waals surface area (Å²) in [7, 11) is 0. The Morgan fingerprint density at radius 2 is 2.18 bits per heavy atom. The third-order valence-electron chi connectivity index (χ3n) is 3.76. The molecule has 1 heterocycles. The van der Waals surface area contributed by atoms with Gasteiger partial charge in [-0.2, -0.15) is 0 Å². The summed E-state index contributed by atoms with van der Waals surface area (Å²) in [4.78, 5) is 2.57. The third-order valence-corrected chi connectivity index (χ3v) is 3.76. The molecule has 0 aromatic carbocycles. The Hall–Kier alpha value is -0.120. The van der Waals surface area contributed by atoms with Crippen molar-refractivity contribution in [2.45, 2.75) is 58.5 Å². The second-order valence-electron chi connectivity index (χ2n) is 5.71. The van der Waals surface area contributed by atoms with E-state index in [0.717, 1.165) is 18.9 Å². The lowest BCUT2D eigenvalue weighted by molar-refractivity contribution is 0.152. The first-order valence-corrected chi connectivity index (χ1v) is 7.25. The van der Waals surface area contributed by atoms with Crippen molar-refractivity contribution >= 4 is 0 Å². The van der Waals surface area contributed by atoms with Gasteiger partial charge < -0.3 is 15.3 Å². The van der Waals surface area contributed by atoms with Gasteiger partial charge in [-0.05, 0) is 38.3 Å². The van der Waals surface area contributed by atoms with Crippen molar-refractivity contribution < 1.29 is 5.11 Å². The minimum atomic E-state index is 0.253. The fraction of sp³-hybridized carbons (Fsp3) is 1.00.